The zero-order valence-electron chi connectivity index (χ0n) is 13.9. The Balaban J connectivity index is 3.04. The molecular weight excluding hydrogens is 282 g/mol. The lowest BCUT2D eigenvalue weighted by atomic mass is 9.91. The number of oxime groups is 1. The molecule has 124 valence electrons. The van der Waals surface area contributed by atoms with Crippen molar-refractivity contribution in [3.05, 3.63) is 24.3 Å². The van der Waals surface area contributed by atoms with E-state index in [0.717, 1.165) is 6.42 Å². The fraction of sp³-hybridized carbons (Fsp3) is 0.647. The number of cyclic esters (lactones) is 1. The second-order valence-electron chi connectivity index (χ2n) is 5.48. The third kappa shape index (κ3) is 5.30. The van der Waals surface area contributed by atoms with Crippen LogP contribution in [0.5, 0.6) is 0 Å². The van der Waals surface area contributed by atoms with Gasteiger partial charge in [-0.1, -0.05) is 38.1 Å². The van der Waals surface area contributed by atoms with Crippen molar-refractivity contribution in [3.63, 3.8) is 0 Å². The summed E-state index contributed by atoms with van der Waals surface area (Å²) in [4.78, 5) is 16.8. The predicted molar refractivity (Wildman–Crippen MR) is 86.5 cm³/mol. The highest BCUT2D eigenvalue weighted by molar-refractivity contribution is 5.97. The Morgan fingerprint density at radius 3 is 2.77 bits per heavy atom. The van der Waals surface area contributed by atoms with Gasteiger partial charge in [-0.25, -0.2) is 4.79 Å². The predicted octanol–water partition coefficient (Wildman–Crippen LogP) is 2.85. The van der Waals surface area contributed by atoms with Crippen molar-refractivity contribution in [2.45, 2.75) is 52.7 Å². The molecule has 0 aromatic heterocycles. The van der Waals surface area contributed by atoms with Gasteiger partial charge in [-0.2, -0.15) is 0 Å². The molecule has 0 fully saturated rings. The Hall–Kier alpha value is -1.62. The summed E-state index contributed by atoms with van der Waals surface area (Å²) >= 11 is 0. The summed E-state index contributed by atoms with van der Waals surface area (Å²) in [6.45, 7) is 7.57. The van der Waals surface area contributed by atoms with E-state index in [1.807, 2.05) is 52.0 Å². The van der Waals surface area contributed by atoms with Crippen LogP contribution in [-0.4, -0.2) is 35.6 Å². The molecule has 0 amide bonds. The van der Waals surface area contributed by atoms with Crippen LogP contribution in [0.3, 0.4) is 0 Å². The molecule has 0 aliphatic carbocycles. The lowest BCUT2D eigenvalue weighted by Crippen LogP contribution is -2.29. The van der Waals surface area contributed by atoms with Gasteiger partial charge in [0.05, 0.1) is 11.8 Å². The summed E-state index contributed by atoms with van der Waals surface area (Å²) in [6.07, 6.45) is 8.11. The number of carbonyl (C=O) groups is 1. The monoisotopic (exact) mass is 309 g/mol. The zero-order valence-corrected chi connectivity index (χ0v) is 13.9. The smallest absolute Gasteiger partial charge is 0.347 e. The van der Waals surface area contributed by atoms with Crippen molar-refractivity contribution in [1.82, 2.24) is 0 Å². The molecule has 1 N–H and O–H groups in total. The van der Waals surface area contributed by atoms with Crippen LogP contribution in [0, 0.1) is 11.8 Å². The van der Waals surface area contributed by atoms with Gasteiger partial charge in [0.1, 0.15) is 6.10 Å². The van der Waals surface area contributed by atoms with Crippen molar-refractivity contribution in [2.24, 2.45) is 17.0 Å². The summed E-state index contributed by atoms with van der Waals surface area (Å²) in [5.41, 5.74) is 0.664. The van der Waals surface area contributed by atoms with Gasteiger partial charge in [0.15, 0.2) is 0 Å². The fourth-order valence-electron chi connectivity index (χ4n) is 2.40. The Morgan fingerprint density at radius 2 is 2.18 bits per heavy atom. The largest absolute Gasteiger partial charge is 0.455 e. The number of ether oxygens (including phenoxy) is 1. The van der Waals surface area contributed by atoms with E-state index in [1.54, 1.807) is 0 Å². The molecule has 4 atom stereocenters. The van der Waals surface area contributed by atoms with E-state index in [4.69, 9.17) is 9.57 Å². The van der Waals surface area contributed by atoms with Crippen LogP contribution in [0.2, 0.25) is 0 Å². The molecule has 1 aliphatic rings. The Kier molecular flexibility index (Phi) is 7.88. The third-order valence-electron chi connectivity index (χ3n) is 3.79. The topological polar surface area (TPSA) is 68.1 Å². The molecule has 0 saturated heterocycles. The Bertz CT molecular complexity index is 442. The molecule has 5 heteroatoms. The molecule has 0 aromatic rings. The molecule has 22 heavy (non-hydrogen) atoms. The molecule has 0 saturated carbocycles. The number of aliphatic hydroxyl groups is 1. The van der Waals surface area contributed by atoms with Gasteiger partial charge in [0.25, 0.3) is 0 Å². The van der Waals surface area contributed by atoms with Gasteiger partial charge < -0.3 is 14.7 Å². The van der Waals surface area contributed by atoms with Crippen molar-refractivity contribution in [1.29, 1.82) is 0 Å². The Labute approximate surface area is 132 Å². The van der Waals surface area contributed by atoms with Gasteiger partial charge in [0.2, 0.25) is 6.61 Å². The lowest BCUT2D eigenvalue weighted by Gasteiger charge is -2.23. The summed E-state index contributed by atoms with van der Waals surface area (Å²) < 4.78 is 5.35. The minimum Gasteiger partial charge on any atom is -0.455 e. The highest BCUT2D eigenvalue weighted by Gasteiger charge is 2.23. The van der Waals surface area contributed by atoms with Gasteiger partial charge in [-0.15, -0.1) is 0 Å². The summed E-state index contributed by atoms with van der Waals surface area (Å²) in [5.74, 6) is -0.541. The fourth-order valence-corrected chi connectivity index (χ4v) is 2.40. The number of nitrogens with zero attached hydrogens (tertiary/aromatic N) is 1. The third-order valence-corrected chi connectivity index (χ3v) is 3.79. The van der Waals surface area contributed by atoms with E-state index in [2.05, 4.69) is 5.16 Å². The number of esters is 1. The first kappa shape index (κ1) is 18.4. The quantitative estimate of drug-likeness (QED) is 0.626. The molecule has 1 aliphatic heterocycles. The van der Waals surface area contributed by atoms with E-state index >= 15 is 0 Å². The van der Waals surface area contributed by atoms with Crippen LogP contribution in [0.4, 0.5) is 0 Å². The first-order chi connectivity index (χ1) is 10.5. The standard InChI is InChI=1S/C17H27NO4/c1-5-8-16-12(4)9-10-14(13(6-2)15(19)7-3)18-21-11-17(20)22-16/h5,8-10,12-13,15-16,19H,6-7,11H2,1-4H3. The highest BCUT2D eigenvalue weighted by Crippen LogP contribution is 2.19. The van der Waals surface area contributed by atoms with Crippen LogP contribution < -0.4 is 0 Å². The van der Waals surface area contributed by atoms with Gasteiger partial charge in [-0.05, 0) is 31.9 Å². The second-order valence-corrected chi connectivity index (χ2v) is 5.48. The molecular formula is C17H27NO4. The van der Waals surface area contributed by atoms with Crippen molar-refractivity contribution in [3.8, 4) is 0 Å². The van der Waals surface area contributed by atoms with E-state index in [-0.39, 0.29) is 24.5 Å². The molecule has 0 aromatic carbocycles. The molecule has 0 spiro atoms. The first-order valence-corrected chi connectivity index (χ1v) is 7.91. The normalized spacial score (nSPS) is 26.0. The van der Waals surface area contributed by atoms with Gasteiger partial charge >= 0.3 is 5.97 Å². The molecule has 1 rings (SSSR count). The number of carbonyl (C=O) groups excluding carboxylic acids is 1. The summed E-state index contributed by atoms with van der Waals surface area (Å²) in [5, 5.41) is 14.2. The van der Waals surface area contributed by atoms with Crippen LogP contribution in [-0.2, 0) is 14.4 Å². The van der Waals surface area contributed by atoms with Gasteiger partial charge in [-0.3, -0.25) is 0 Å². The van der Waals surface area contributed by atoms with E-state index < -0.39 is 12.1 Å². The van der Waals surface area contributed by atoms with Gasteiger partial charge in [0, 0.05) is 11.8 Å². The summed E-state index contributed by atoms with van der Waals surface area (Å²) in [7, 11) is 0. The lowest BCUT2D eigenvalue weighted by molar-refractivity contribution is -0.153. The average Bonchev–Trinajstić information content (AvgIpc) is 2.51. The van der Waals surface area contributed by atoms with Crippen LogP contribution in [0.15, 0.2) is 29.5 Å². The molecule has 4 unspecified atom stereocenters. The van der Waals surface area contributed by atoms with Crippen molar-refractivity contribution >= 4 is 11.7 Å². The molecule has 1 heterocycles. The minimum absolute atomic E-state index is 0.0136. The number of aliphatic hydroxyl groups excluding tert-OH is 1. The van der Waals surface area contributed by atoms with Crippen LogP contribution in [0.1, 0.15) is 40.5 Å². The van der Waals surface area contributed by atoms with Crippen LogP contribution >= 0.6 is 0 Å². The molecule has 0 bridgehead atoms. The minimum atomic E-state index is -0.478. The Morgan fingerprint density at radius 1 is 1.45 bits per heavy atom. The van der Waals surface area contributed by atoms with Crippen molar-refractivity contribution in [2.75, 3.05) is 6.61 Å². The number of rotatable bonds is 5. The molecule has 5 nitrogen and oxygen atoms in total. The highest BCUT2D eigenvalue weighted by atomic mass is 16.7. The molecule has 0 radical (unpaired) electrons. The maximum atomic E-state index is 11.7. The first-order valence-electron chi connectivity index (χ1n) is 7.91. The maximum absolute atomic E-state index is 11.7. The SMILES string of the molecule is CC=CC1OC(=O)CON=C(C(CC)C(O)CC)C=CC1C. The second kappa shape index (κ2) is 9.41. The van der Waals surface area contributed by atoms with E-state index in [9.17, 15) is 9.90 Å². The van der Waals surface area contributed by atoms with Crippen LogP contribution in [0.25, 0.3) is 0 Å². The van der Waals surface area contributed by atoms with Crippen molar-refractivity contribution < 1.29 is 19.5 Å². The number of hydrogen-bond acceptors (Lipinski definition) is 5. The zero-order chi connectivity index (χ0) is 16.5. The summed E-state index contributed by atoms with van der Waals surface area (Å²) in [6, 6.07) is 0. The van der Waals surface area contributed by atoms with E-state index in [0.29, 0.717) is 12.1 Å². The van der Waals surface area contributed by atoms with E-state index in [1.165, 1.54) is 0 Å². The number of hydrogen-bond donors (Lipinski definition) is 1. The number of allylic oxidation sites excluding steroid dienone is 2. The average molecular weight is 309 g/mol. The maximum Gasteiger partial charge on any atom is 0.347 e.